The van der Waals surface area contributed by atoms with Crippen LogP contribution in [0.5, 0.6) is 0 Å². The molecule has 1 N–H and O–H groups in total. The number of esters is 2. The fourth-order valence-corrected chi connectivity index (χ4v) is 9.54. The number of ether oxygens (including phenoxy) is 2. The zero-order valence-corrected chi connectivity index (χ0v) is 23.7. The second-order valence-electron chi connectivity index (χ2n) is 12.5. The van der Waals surface area contributed by atoms with E-state index in [1.54, 1.807) is 13.0 Å². The van der Waals surface area contributed by atoms with Gasteiger partial charge in [-0.3, -0.25) is 9.59 Å². The number of rotatable bonds is 4. The molecule has 0 spiro atoms. The molecule has 5 aliphatic carbocycles. The van der Waals surface area contributed by atoms with Crippen molar-refractivity contribution in [3.63, 3.8) is 0 Å². The second kappa shape index (κ2) is 9.59. The number of hydrogen-bond donors (Lipinski definition) is 1. The summed E-state index contributed by atoms with van der Waals surface area (Å²) in [5, 5.41) is 11.8. The Hall–Kier alpha value is -1.44. The predicted octanol–water partition coefficient (Wildman–Crippen LogP) is 5.42. The molecular formula is C29H37Cl2FO6. The van der Waals surface area contributed by atoms with Gasteiger partial charge < -0.3 is 14.6 Å². The van der Waals surface area contributed by atoms with Gasteiger partial charge in [-0.1, -0.05) is 57.7 Å². The molecule has 9 atom stereocenters. The standard InChI is InChI=1S/C29H37Cl2FO6/c1-16-11-19-20-13-22(32)21-12-18(33)9-10-26(21,2)28(20,31)23(34)14-27(19,3)29(16,25(36)37-15-30)38-24(35)17-7-5-4-6-8-17/h9-10,12,16-17,19-20,22-23,34H,4-8,11,13-15H2,1-3H3/t16-,19+,20+,22+,23+,26+,27+,28+,29+/m1/s1. The number of fused-ring (bicyclic) bond motifs is 5. The summed E-state index contributed by atoms with van der Waals surface area (Å²) in [6.07, 6.45) is 6.46. The SMILES string of the molecule is C[C@@H]1C[C@H]2[C@@H]3C[C@H](F)C4=CC(=O)C=C[C@]4(C)[C@@]3(Cl)[C@@H](O)C[C@]2(C)[C@@]1(OC(=O)C1CCCCC1)C(=O)OCCl. The molecule has 0 aromatic carbocycles. The van der Waals surface area contributed by atoms with E-state index in [0.717, 1.165) is 19.3 Å². The van der Waals surface area contributed by atoms with Gasteiger partial charge in [0, 0.05) is 16.7 Å². The van der Waals surface area contributed by atoms with E-state index in [0.29, 0.717) is 19.3 Å². The molecule has 0 aliphatic heterocycles. The van der Waals surface area contributed by atoms with Crippen LogP contribution in [0, 0.1) is 34.5 Å². The molecule has 5 aliphatic rings. The van der Waals surface area contributed by atoms with Crippen LogP contribution in [0.25, 0.3) is 0 Å². The van der Waals surface area contributed by atoms with Gasteiger partial charge in [-0.2, -0.15) is 0 Å². The molecule has 0 aromatic heterocycles. The molecule has 0 radical (unpaired) electrons. The predicted molar refractivity (Wildman–Crippen MR) is 140 cm³/mol. The lowest BCUT2D eigenvalue weighted by molar-refractivity contribution is -0.218. The fourth-order valence-electron chi connectivity index (χ4n) is 8.95. The van der Waals surface area contributed by atoms with Gasteiger partial charge in [0.25, 0.3) is 0 Å². The minimum absolute atomic E-state index is 0.00666. The van der Waals surface area contributed by atoms with Crippen LogP contribution in [-0.2, 0) is 23.9 Å². The Bertz CT molecular complexity index is 1090. The van der Waals surface area contributed by atoms with E-state index in [9.17, 15) is 19.5 Å². The smallest absolute Gasteiger partial charge is 0.352 e. The monoisotopic (exact) mass is 570 g/mol. The van der Waals surface area contributed by atoms with E-state index < -0.39 is 63.4 Å². The molecule has 4 fully saturated rings. The Balaban J connectivity index is 1.59. The maximum absolute atomic E-state index is 15.8. The first kappa shape index (κ1) is 28.1. The lowest BCUT2D eigenvalue weighted by atomic mass is 9.45. The van der Waals surface area contributed by atoms with Crippen molar-refractivity contribution in [2.24, 2.45) is 34.5 Å². The third kappa shape index (κ3) is 3.63. The third-order valence-electron chi connectivity index (χ3n) is 10.9. The highest BCUT2D eigenvalue weighted by atomic mass is 35.5. The Kier molecular flexibility index (Phi) is 7.09. The van der Waals surface area contributed by atoms with Gasteiger partial charge in [-0.05, 0) is 61.7 Å². The molecule has 38 heavy (non-hydrogen) atoms. The number of allylic oxidation sites excluding steroid dienone is 4. The van der Waals surface area contributed by atoms with Crippen LogP contribution in [-0.4, -0.2) is 51.6 Å². The average molecular weight is 572 g/mol. The van der Waals surface area contributed by atoms with Gasteiger partial charge in [0.1, 0.15) is 6.17 Å². The van der Waals surface area contributed by atoms with Crippen LogP contribution in [0.2, 0.25) is 0 Å². The van der Waals surface area contributed by atoms with Crippen molar-refractivity contribution in [1.82, 2.24) is 0 Å². The van der Waals surface area contributed by atoms with Crippen LogP contribution < -0.4 is 0 Å². The highest BCUT2D eigenvalue weighted by Crippen LogP contribution is 2.72. The molecule has 0 bridgehead atoms. The van der Waals surface area contributed by atoms with Gasteiger partial charge in [-0.25, -0.2) is 9.18 Å². The number of carbonyl (C=O) groups is 3. The summed E-state index contributed by atoms with van der Waals surface area (Å²) in [7, 11) is 0. The van der Waals surface area contributed by atoms with Crippen LogP contribution in [0.4, 0.5) is 4.39 Å². The summed E-state index contributed by atoms with van der Waals surface area (Å²) < 4.78 is 27.4. The molecule has 0 amide bonds. The molecule has 5 rings (SSSR count). The highest BCUT2D eigenvalue weighted by Gasteiger charge is 2.78. The number of hydrogen-bond acceptors (Lipinski definition) is 6. The van der Waals surface area contributed by atoms with Crippen molar-refractivity contribution in [1.29, 1.82) is 0 Å². The van der Waals surface area contributed by atoms with Gasteiger partial charge in [-0.15, -0.1) is 11.6 Å². The fraction of sp³-hybridized carbons (Fsp3) is 0.759. The van der Waals surface area contributed by atoms with Crippen LogP contribution in [0.3, 0.4) is 0 Å². The van der Waals surface area contributed by atoms with E-state index in [1.165, 1.54) is 12.2 Å². The summed E-state index contributed by atoms with van der Waals surface area (Å²) in [5.74, 6) is -3.16. The zero-order chi connectivity index (χ0) is 27.7. The van der Waals surface area contributed by atoms with Gasteiger partial charge >= 0.3 is 11.9 Å². The summed E-state index contributed by atoms with van der Waals surface area (Å²) in [6.45, 7) is 5.46. The average Bonchev–Trinajstić information content (AvgIpc) is 3.10. The summed E-state index contributed by atoms with van der Waals surface area (Å²) >= 11 is 13.3. The summed E-state index contributed by atoms with van der Waals surface area (Å²) in [5.41, 5.74) is -3.59. The number of aliphatic hydroxyl groups excluding tert-OH is 1. The lowest BCUT2D eigenvalue weighted by Crippen LogP contribution is -2.70. The third-order valence-corrected chi connectivity index (χ3v) is 11.9. The summed E-state index contributed by atoms with van der Waals surface area (Å²) in [4.78, 5) is 38.1. The van der Waals surface area contributed by atoms with E-state index in [2.05, 4.69) is 0 Å². The van der Waals surface area contributed by atoms with Crippen molar-refractivity contribution in [2.75, 3.05) is 6.07 Å². The number of aliphatic hydroxyl groups is 1. The first-order valence-electron chi connectivity index (χ1n) is 13.8. The topological polar surface area (TPSA) is 89.9 Å². The number of ketones is 1. The van der Waals surface area contributed by atoms with E-state index in [1.807, 2.05) is 13.8 Å². The van der Waals surface area contributed by atoms with Crippen molar-refractivity contribution >= 4 is 40.9 Å². The second-order valence-corrected chi connectivity index (χ2v) is 13.4. The molecule has 0 saturated heterocycles. The number of carbonyl (C=O) groups excluding carboxylic acids is 3. The van der Waals surface area contributed by atoms with E-state index >= 15 is 4.39 Å². The normalized spacial score (nSPS) is 46.4. The molecule has 0 unspecified atom stereocenters. The Morgan fingerprint density at radius 2 is 1.84 bits per heavy atom. The van der Waals surface area contributed by atoms with Gasteiger partial charge in [0.05, 0.1) is 16.9 Å². The zero-order valence-electron chi connectivity index (χ0n) is 22.2. The molecule has 9 heteroatoms. The maximum Gasteiger partial charge on any atom is 0.352 e. The van der Waals surface area contributed by atoms with Crippen molar-refractivity contribution in [3.05, 3.63) is 23.8 Å². The molecule has 4 saturated carbocycles. The lowest BCUT2D eigenvalue weighted by Gasteiger charge is -2.64. The Morgan fingerprint density at radius 3 is 2.50 bits per heavy atom. The van der Waals surface area contributed by atoms with E-state index in [-0.39, 0.29) is 36.0 Å². The van der Waals surface area contributed by atoms with Gasteiger partial charge in [0.15, 0.2) is 11.8 Å². The first-order valence-corrected chi connectivity index (χ1v) is 14.7. The quantitative estimate of drug-likeness (QED) is 0.358. The molecular weight excluding hydrogens is 534 g/mol. The maximum atomic E-state index is 15.8. The van der Waals surface area contributed by atoms with Crippen molar-refractivity contribution in [2.45, 2.75) is 94.9 Å². The number of halogens is 3. The number of alkyl halides is 3. The van der Waals surface area contributed by atoms with Crippen LogP contribution >= 0.6 is 23.2 Å². The van der Waals surface area contributed by atoms with Crippen LogP contribution in [0.15, 0.2) is 23.8 Å². The largest absolute Gasteiger partial charge is 0.446 e. The molecule has 6 nitrogen and oxygen atoms in total. The minimum atomic E-state index is -1.69. The highest BCUT2D eigenvalue weighted by molar-refractivity contribution is 6.26. The first-order chi connectivity index (χ1) is 17.9. The van der Waals surface area contributed by atoms with Crippen molar-refractivity contribution in [3.8, 4) is 0 Å². The van der Waals surface area contributed by atoms with Crippen LogP contribution in [0.1, 0.15) is 72.1 Å². The van der Waals surface area contributed by atoms with E-state index in [4.69, 9.17) is 32.7 Å². The van der Waals surface area contributed by atoms with Gasteiger partial charge in [0.2, 0.25) is 5.60 Å². The molecule has 0 heterocycles. The summed E-state index contributed by atoms with van der Waals surface area (Å²) in [6, 6.07) is -0.405. The Labute approximate surface area is 233 Å². The Morgan fingerprint density at radius 1 is 1.16 bits per heavy atom. The minimum Gasteiger partial charge on any atom is -0.446 e. The molecule has 210 valence electrons. The van der Waals surface area contributed by atoms with Crippen molar-refractivity contribution < 1.29 is 33.4 Å². The molecule has 0 aromatic rings.